The molecule has 0 bridgehead atoms. The Morgan fingerprint density at radius 2 is 1.42 bits per heavy atom. The molecule has 0 spiro atoms. The SMILES string of the molecule is CCC(C)C(NC(=O)C(N)CCCN=C(N)N)C(=O)NC(CCCN=C(N)N)C(=O)O. The monoisotopic (exact) mass is 443 g/mol. The highest BCUT2D eigenvalue weighted by Gasteiger charge is 2.30. The molecule has 0 aromatic heterocycles. The van der Waals surface area contributed by atoms with Gasteiger partial charge in [-0.05, 0) is 31.6 Å². The number of nitrogens with one attached hydrogen (secondary N) is 2. The topological polar surface area (TPSA) is 250 Å². The Hall–Kier alpha value is -3.09. The van der Waals surface area contributed by atoms with Crippen LogP contribution >= 0.6 is 0 Å². The van der Waals surface area contributed by atoms with Crippen molar-refractivity contribution in [3.05, 3.63) is 0 Å². The summed E-state index contributed by atoms with van der Waals surface area (Å²) in [7, 11) is 0. The molecule has 0 aliphatic heterocycles. The van der Waals surface area contributed by atoms with Crippen molar-refractivity contribution in [1.82, 2.24) is 10.6 Å². The smallest absolute Gasteiger partial charge is 0.326 e. The molecule has 4 unspecified atom stereocenters. The molecular weight excluding hydrogens is 406 g/mol. The molecule has 4 atom stereocenters. The number of hydrogen-bond acceptors (Lipinski definition) is 6. The minimum Gasteiger partial charge on any atom is -0.480 e. The maximum absolute atomic E-state index is 12.7. The van der Waals surface area contributed by atoms with Gasteiger partial charge in [0.2, 0.25) is 11.8 Å². The van der Waals surface area contributed by atoms with Crippen LogP contribution in [0.3, 0.4) is 0 Å². The molecule has 13 nitrogen and oxygen atoms in total. The summed E-state index contributed by atoms with van der Waals surface area (Å²) in [6.07, 6.45) is 1.88. The maximum atomic E-state index is 12.7. The summed E-state index contributed by atoms with van der Waals surface area (Å²) in [5.41, 5.74) is 26.9. The van der Waals surface area contributed by atoms with Gasteiger partial charge in [-0.1, -0.05) is 20.3 Å². The molecule has 0 aliphatic rings. The summed E-state index contributed by atoms with van der Waals surface area (Å²) >= 11 is 0. The minimum atomic E-state index is -1.19. The molecule has 0 saturated carbocycles. The van der Waals surface area contributed by atoms with Crippen molar-refractivity contribution in [2.75, 3.05) is 13.1 Å². The van der Waals surface area contributed by atoms with E-state index in [0.29, 0.717) is 32.2 Å². The van der Waals surface area contributed by atoms with Crippen LogP contribution < -0.4 is 39.3 Å². The van der Waals surface area contributed by atoms with E-state index in [4.69, 9.17) is 28.7 Å². The predicted molar refractivity (Wildman–Crippen MR) is 119 cm³/mol. The number of carboxylic acids is 1. The number of hydrogen-bond donors (Lipinski definition) is 8. The standard InChI is InChI=1S/C18H37N9O4/c1-3-10(2)13(27-14(28)11(19)6-4-8-24-17(20)21)15(29)26-12(16(30)31)7-5-9-25-18(22)23/h10-13H,3-9,19H2,1-2H3,(H,26,29)(H,27,28)(H,30,31)(H4,20,21,24)(H4,22,23,25). The third kappa shape index (κ3) is 12.3. The Morgan fingerprint density at radius 1 is 0.903 bits per heavy atom. The van der Waals surface area contributed by atoms with Gasteiger partial charge in [0.05, 0.1) is 6.04 Å². The fourth-order valence-electron chi connectivity index (χ4n) is 2.64. The Labute approximate surface area is 182 Å². The molecule has 0 saturated heterocycles. The van der Waals surface area contributed by atoms with Gasteiger partial charge in [0.15, 0.2) is 11.9 Å². The molecule has 0 aromatic rings. The number of rotatable bonds is 15. The molecule has 31 heavy (non-hydrogen) atoms. The van der Waals surface area contributed by atoms with E-state index < -0.39 is 35.9 Å². The van der Waals surface area contributed by atoms with Crippen molar-refractivity contribution in [3.8, 4) is 0 Å². The molecular formula is C18H37N9O4. The number of aliphatic carboxylic acids is 1. The van der Waals surface area contributed by atoms with Gasteiger partial charge in [-0.2, -0.15) is 0 Å². The Kier molecular flexibility index (Phi) is 13.3. The molecule has 0 heterocycles. The van der Waals surface area contributed by atoms with E-state index in [2.05, 4.69) is 20.6 Å². The number of aliphatic imine (C=N–C) groups is 2. The highest BCUT2D eigenvalue weighted by Crippen LogP contribution is 2.10. The highest BCUT2D eigenvalue weighted by atomic mass is 16.4. The van der Waals surface area contributed by atoms with Crippen LogP contribution in [0.15, 0.2) is 9.98 Å². The van der Waals surface area contributed by atoms with Gasteiger partial charge in [-0.15, -0.1) is 0 Å². The van der Waals surface area contributed by atoms with Gasteiger partial charge in [-0.3, -0.25) is 19.6 Å². The lowest BCUT2D eigenvalue weighted by molar-refractivity contribution is -0.142. The van der Waals surface area contributed by atoms with Crippen LogP contribution in [0.1, 0.15) is 46.0 Å². The van der Waals surface area contributed by atoms with E-state index in [0.717, 1.165) is 0 Å². The second-order valence-corrected chi connectivity index (χ2v) is 7.28. The van der Waals surface area contributed by atoms with Gasteiger partial charge in [0, 0.05) is 13.1 Å². The van der Waals surface area contributed by atoms with Crippen molar-refractivity contribution >= 4 is 29.7 Å². The lowest BCUT2D eigenvalue weighted by atomic mass is 9.97. The first kappa shape index (κ1) is 27.9. The first-order valence-electron chi connectivity index (χ1n) is 10.2. The average molecular weight is 444 g/mol. The Bertz CT molecular complexity index is 646. The molecule has 0 aliphatic carbocycles. The van der Waals surface area contributed by atoms with Crippen molar-refractivity contribution in [2.45, 2.75) is 64.1 Å². The molecule has 178 valence electrons. The normalized spacial score (nSPS) is 14.4. The summed E-state index contributed by atoms with van der Waals surface area (Å²) in [6, 6.07) is -2.93. The molecule has 13 heteroatoms. The number of carboxylic acid groups (broad SMARTS) is 1. The van der Waals surface area contributed by atoms with E-state index in [1.54, 1.807) is 6.92 Å². The maximum Gasteiger partial charge on any atom is 0.326 e. The lowest BCUT2D eigenvalue weighted by Gasteiger charge is -2.26. The number of nitrogens with zero attached hydrogens (tertiary/aromatic N) is 2. The quantitative estimate of drug-likeness (QED) is 0.0756. The summed E-state index contributed by atoms with van der Waals surface area (Å²) in [5.74, 6) is -2.67. The summed E-state index contributed by atoms with van der Waals surface area (Å²) in [4.78, 5) is 44.3. The lowest BCUT2D eigenvalue weighted by Crippen LogP contribution is -2.56. The van der Waals surface area contributed by atoms with Crippen LogP contribution in [0, 0.1) is 5.92 Å². The fraction of sp³-hybridized carbons (Fsp3) is 0.722. The largest absolute Gasteiger partial charge is 0.480 e. The first-order chi connectivity index (χ1) is 14.5. The van der Waals surface area contributed by atoms with Crippen LogP contribution in [-0.2, 0) is 14.4 Å². The van der Waals surface area contributed by atoms with Crippen molar-refractivity contribution in [3.63, 3.8) is 0 Å². The number of carbonyl (C=O) groups excluding carboxylic acids is 2. The van der Waals surface area contributed by atoms with Crippen LogP contribution in [0.2, 0.25) is 0 Å². The van der Waals surface area contributed by atoms with Crippen molar-refractivity contribution in [1.29, 1.82) is 0 Å². The number of amides is 2. The third-order valence-electron chi connectivity index (χ3n) is 4.66. The van der Waals surface area contributed by atoms with Crippen LogP contribution in [0.4, 0.5) is 0 Å². The van der Waals surface area contributed by atoms with Crippen molar-refractivity contribution < 1.29 is 19.5 Å². The van der Waals surface area contributed by atoms with E-state index in [1.165, 1.54) is 0 Å². The van der Waals surface area contributed by atoms with Crippen LogP contribution in [0.5, 0.6) is 0 Å². The number of nitrogens with two attached hydrogens (primary N) is 5. The number of carbonyl (C=O) groups is 3. The molecule has 0 rings (SSSR count). The second-order valence-electron chi connectivity index (χ2n) is 7.28. The van der Waals surface area contributed by atoms with Gasteiger partial charge >= 0.3 is 5.97 Å². The molecule has 0 aromatic carbocycles. The van der Waals surface area contributed by atoms with E-state index >= 15 is 0 Å². The minimum absolute atomic E-state index is 0.0437. The zero-order valence-electron chi connectivity index (χ0n) is 18.2. The van der Waals surface area contributed by atoms with Gasteiger partial charge in [0.1, 0.15) is 12.1 Å². The van der Waals surface area contributed by atoms with Crippen molar-refractivity contribution in [2.24, 2.45) is 44.6 Å². The van der Waals surface area contributed by atoms with Gasteiger partial charge in [-0.25, -0.2) is 4.79 Å². The van der Waals surface area contributed by atoms with Gasteiger partial charge < -0.3 is 44.4 Å². The zero-order chi connectivity index (χ0) is 24.0. The molecule has 0 radical (unpaired) electrons. The van der Waals surface area contributed by atoms with E-state index in [-0.39, 0.29) is 30.8 Å². The predicted octanol–water partition coefficient (Wildman–Crippen LogP) is -2.48. The summed E-state index contributed by atoms with van der Waals surface area (Å²) < 4.78 is 0. The first-order valence-corrected chi connectivity index (χ1v) is 10.2. The zero-order valence-corrected chi connectivity index (χ0v) is 18.2. The molecule has 13 N–H and O–H groups in total. The van der Waals surface area contributed by atoms with Crippen LogP contribution in [0.25, 0.3) is 0 Å². The molecule has 2 amide bonds. The highest BCUT2D eigenvalue weighted by molar-refractivity contribution is 5.92. The Morgan fingerprint density at radius 3 is 1.87 bits per heavy atom. The van der Waals surface area contributed by atoms with E-state index in [9.17, 15) is 19.5 Å². The third-order valence-corrected chi connectivity index (χ3v) is 4.66. The van der Waals surface area contributed by atoms with E-state index in [1.807, 2.05) is 6.92 Å². The fourth-order valence-corrected chi connectivity index (χ4v) is 2.64. The van der Waals surface area contributed by atoms with Gasteiger partial charge in [0.25, 0.3) is 0 Å². The average Bonchev–Trinajstić information content (AvgIpc) is 2.69. The summed E-state index contributed by atoms with van der Waals surface area (Å²) in [5, 5.41) is 14.5. The van der Waals surface area contributed by atoms with Crippen LogP contribution in [-0.4, -0.2) is 66.0 Å². The summed E-state index contributed by atoms with van der Waals surface area (Å²) in [6.45, 7) is 4.21. The Balaban J connectivity index is 4.96. The molecule has 0 fully saturated rings. The number of guanidine groups is 2. The second kappa shape index (κ2) is 14.8.